The number of rotatable bonds is 5. The highest BCUT2D eigenvalue weighted by Gasteiger charge is 2.24. The monoisotopic (exact) mass is 727 g/mol. The molecule has 0 saturated carbocycles. The molecule has 0 atom stereocenters. The minimum absolute atomic E-state index is 0.622. The maximum Gasteiger partial charge on any atom is 0.227 e. The highest BCUT2D eigenvalue weighted by atomic mass is 16.3. The van der Waals surface area contributed by atoms with Crippen LogP contribution in [0.3, 0.4) is 0 Å². The molecular formula is C53H33N3O. The van der Waals surface area contributed by atoms with Crippen molar-refractivity contribution < 1.29 is 4.42 Å². The first-order valence-corrected chi connectivity index (χ1v) is 19.4. The third kappa shape index (κ3) is 4.91. The van der Waals surface area contributed by atoms with Crippen molar-refractivity contribution in [2.45, 2.75) is 0 Å². The van der Waals surface area contributed by atoms with Gasteiger partial charge in [0.15, 0.2) is 5.58 Å². The molecule has 266 valence electrons. The van der Waals surface area contributed by atoms with E-state index >= 15 is 0 Å². The Morgan fingerprint density at radius 2 is 1.09 bits per heavy atom. The van der Waals surface area contributed by atoms with Crippen molar-refractivity contribution in [3.05, 3.63) is 200 Å². The molecule has 12 aromatic rings. The van der Waals surface area contributed by atoms with Gasteiger partial charge < -0.3 is 13.9 Å². The Hall–Kier alpha value is -7.69. The standard InChI is InChI=1S/C53H33N3O/c1-2-14-38(15-3-1)53-54-46-31-28-37-25-24-36-27-30-41(33-45(36)50(37)52(46)57-53)55(47-22-10-17-35-13-6-7-18-42(35)47)49-23-11-20-44-43-19-8-9-21-48(43)56(51(44)49)40-29-26-34-12-4-5-16-39(34)32-40/h1-33H. The predicted molar refractivity (Wildman–Crippen MR) is 238 cm³/mol. The van der Waals surface area contributed by atoms with Crippen molar-refractivity contribution in [3.8, 4) is 17.1 Å². The summed E-state index contributed by atoms with van der Waals surface area (Å²) in [4.78, 5) is 7.41. The SMILES string of the molecule is c1ccc(-c2nc3ccc4ccc5ccc(N(c6cccc7ccccc67)c6cccc7c8ccccc8n(-c8ccc9ccccc9c8)c67)cc5c4c3o2)cc1. The van der Waals surface area contributed by atoms with Crippen molar-refractivity contribution in [2.24, 2.45) is 0 Å². The first-order valence-electron chi connectivity index (χ1n) is 19.4. The highest BCUT2D eigenvalue weighted by Crippen LogP contribution is 2.47. The lowest BCUT2D eigenvalue weighted by Gasteiger charge is -2.28. The van der Waals surface area contributed by atoms with Crippen LogP contribution in [0.5, 0.6) is 0 Å². The van der Waals surface area contributed by atoms with Gasteiger partial charge in [0.05, 0.1) is 22.4 Å². The van der Waals surface area contributed by atoms with Crippen LogP contribution in [0.1, 0.15) is 0 Å². The van der Waals surface area contributed by atoms with Gasteiger partial charge in [-0.05, 0) is 93.0 Å². The van der Waals surface area contributed by atoms with Crippen LogP contribution in [0, 0.1) is 0 Å². The van der Waals surface area contributed by atoms with Gasteiger partial charge >= 0.3 is 0 Å². The number of oxazole rings is 1. The summed E-state index contributed by atoms with van der Waals surface area (Å²) in [5, 5.41) is 11.6. The summed E-state index contributed by atoms with van der Waals surface area (Å²) in [5.41, 5.74) is 9.27. The molecule has 4 heteroatoms. The summed E-state index contributed by atoms with van der Waals surface area (Å²) in [6.07, 6.45) is 0. The maximum atomic E-state index is 6.66. The van der Waals surface area contributed by atoms with Crippen molar-refractivity contribution in [1.82, 2.24) is 9.55 Å². The molecule has 12 rings (SSSR count). The minimum Gasteiger partial charge on any atom is -0.435 e. The normalized spacial score (nSPS) is 11.9. The van der Waals surface area contributed by atoms with E-state index < -0.39 is 0 Å². The third-order valence-electron chi connectivity index (χ3n) is 11.5. The maximum absolute atomic E-state index is 6.66. The average molecular weight is 728 g/mol. The van der Waals surface area contributed by atoms with Crippen molar-refractivity contribution >= 4 is 93.1 Å². The molecule has 2 aromatic heterocycles. The quantitative estimate of drug-likeness (QED) is 0.166. The second-order valence-electron chi connectivity index (χ2n) is 14.8. The lowest BCUT2D eigenvalue weighted by molar-refractivity contribution is 0.623. The van der Waals surface area contributed by atoms with Gasteiger partial charge in [0.2, 0.25) is 5.89 Å². The third-order valence-corrected chi connectivity index (χ3v) is 11.5. The number of fused-ring (bicyclic) bond motifs is 10. The van der Waals surface area contributed by atoms with Crippen LogP contribution >= 0.6 is 0 Å². The Bertz CT molecular complexity index is 3540. The molecule has 0 N–H and O–H groups in total. The lowest BCUT2D eigenvalue weighted by Crippen LogP contribution is -2.12. The lowest BCUT2D eigenvalue weighted by atomic mass is 9.99. The van der Waals surface area contributed by atoms with E-state index in [4.69, 9.17) is 9.40 Å². The molecule has 0 bridgehead atoms. The Morgan fingerprint density at radius 1 is 0.439 bits per heavy atom. The number of nitrogens with zero attached hydrogens (tertiary/aromatic N) is 3. The molecule has 0 aliphatic heterocycles. The summed E-state index contributed by atoms with van der Waals surface area (Å²) in [5.74, 6) is 0.622. The van der Waals surface area contributed by atoms with Gasteiger partial charge in [-0.2, -0.15) is 0 Å². The van der Waals surface area contributed by atoms with Crippen LogP contribution in [-0.2, 0) is 0 Å². The van der Waals surface area contributed by atoms with Gasteiger partial charge in [0, 0.05) is 38.5 Å². The van der Waals surface area contributed by atoms with Gasteiger partial charge in [-0.25, -0.2) is 4.98 Å². The van der Waals surface area contributed by atoms with Gasteiger partial charge in [0.1, 0.15) is 5.52 Å². The van der Waals surface area contributed by atoms with E-state index in [2.05, 4.69) is 179 Å². The van der Waals surface area contributed by atoms with Crippen LogP contribution in [-0.4, -0.2) is 9.55 Å². The Balaban J connectivity index is 1.18. The molecule has 0 radical (unpaired) electrons. The zero-order valence-electron chi connectivity index (χ0n) is 30.8. The average Bonchev–Trinajstić information content (AvgIpc) is 3.87. The van der Waals surface area contributed by atoms with Gasteiger partial charge in [0.25, 0.3) is 0 Å². The summed E-state index contributed by atoms with van der Waals surface area (Å²) in [6, 6.07) is 71.8. The first kappa shape index (κ1) is 31.6. The fraction of sp³-hybridized carbons (Fsp3) is 0. The minimum atomic E-state index is 0.622. The smallest absolute Gasteiger partial charge is 0.227 e. The van der Waals surface area contributed by atoms with E-state index in [1.165, 1.54) is 37.8 Å². The number of hydrogen-bond donors (Lipinski definition) is 0. The summed E-state index contributed by atoms with van der Waals surface area (Å²) in [6.45, 7) is 0. The molecule has 0 aliphatic rings. The second kappa shape index (κ2) is 12.4. The van der Waals surface area contributed by atoms with Crippen LogP contribution < -0.4 is 4.90 Å². The number of para-hydroxylation sites is 2. The van der Waals surface area contributed by atoms with Crippen molar-refractivity contribution in [1.29, 1.82) is 0 Å². The Labute approximate surface area is 328 Å². The van der Waals surface area contributed by atoms with Gasteiger partial charge in [-0.3, -0.25) is 0 Å². The Morgan fingerprint density at radius 3 is 2.00 bits per heavy atom. The summed E-state index contributed by atoms with van der Waals surface area (Å²) in [7, 11) is 0. The highest BCUT2D eigenvalue weighted by molar-refractivity contribution is 6.20. The van der Waals surface area contributed by atoms with Crippen LogP contribution in [0.15, 0.2) is 205 Å². The second-order valence-corrected chi connectivity index (χ2v) is 14.8. The number of anilines is 3. The van der Waals surface area contributed by atoms with E-state index in [1.807, 2.05) is 30.3 Å². The number of aromatic nitrogens is 2. The van der Waals surface area contributed by atoms with Crippen molar-refractivity contribution in [3.63, 3.8) is 0 Å². The molecule has 0 spiro atoms. The largest absolute Gasteiger partial charge is 0.435 e. The molecule has 57 heavy (non-hydrogen) atoms. The fourth-order valence-corrected chi connectivity index (χ4v) is 8.93. The van der Waals surface area contributed by atoms with Crippen molar-refractivity contribution in [2.75, 3.05) is 4.90 Å². The zero-order chi connectivity index (χ0) is 37.5. The molecule has 0 unspecified atom stereocenters. The molecular weight excluding hydrogens is 695 g/mol. The molecule has 10 aromatic carbocycles. The van der Waals surface area contributed by atoms with E-state index in [0.717, 1.165) is 66.5 Å². The predicted octanol–water partition coefficient (Wildman–Crippen LogP) is 14.7. The van der Waals surface area contributed by atoms with Crippen LogP contribution in [0.2, 0.25) is 0 Å². The number of benzene rings is 10. The fourth-order valence-electron chi connectivity index (χ4n) is 8.93. The molecule has 0 saturated heterocycles. The van der Waals surface area contributed by atoms with E-state index in [9.17, 15) is 0 Å². The van der Waals surface area contributed by atoms with E-state index in [-0.39, 0.29) is 0 Å². The van der Waals surface area contributed by atoms with Crippen LogP contribution in [0.25, 0.3) is 93.1 Å². The van der Waals surface area contributed by atoms with Gasteiger partial charge in [-0.15, -0.1) is 0 Å². The summed E-state index contributed by atoms with van der Waals surface area (Å²) >= 11 is 0. The zero-order valence-corrected chi connectivity index (χ0v) is 30.8. The number of hydrogen-bond acceptors (Lipinski definition) is 3. The summed E-state index contributed by atoms with van der Waals surface area (Å²) < 4.78 is 9.11. The molecule has 0 amide bonds. The molecule has 4 nitrogen and oxygen atoms in total. The molecule has 0 aliphatic carbocycles. The topological polar surface area (TPSA) is 34.2 Å². The molecule has 2 heterocycles. The Kier molecular flexibility index (Phi) is 6.89. The van der Waals surface area contributed by atoms with Crippen LogP contribution in [0.4, 0.5) is 17.1 Å². The van der Waals surface area contributed by atoms with E-state index in [1.54, 1.807) is 0 Å². The van der Waals surface area contributed by atoms with E-state index in [0.29, 0.717) is 5.89 Å². The molecule has 0 fully saturated rings. The van der Waals surface area contributed by atoms with Gasteiger partial charge in [-0.1, -0.05) is 140 Å². The first-order chi connectivity index (χ1) is 28.3.